The van der Waals surface area contributed by atoms with E-state index in [1.807, 2.05) is 42.8 Å². The van der Waals surface area contributed by atoms with Gasteiger partial charge in [0, 0.05) is 24.0 Å². The van der Waals surface area contributed by atoms with Gasteiger partial charge in [-0.05, 0) is 37.1 Å². The summed E-state index contributed by atoms with van der Waals surface area (Å²) >= 11 is 0. The third-order valence-corrected chi connectivity index (χ3v) is 3.16. The van der Waals surface area contributed by atoms with Crippen LogP contribution in [0.5, 0.6) is 0 Å². The molecule has 2 aromatic rings. The zero-order valence-corrected chi connectivity index (χ0v) is 11.2. The van der Waals surface area contributed by atoms with E-state index >= 15 is 0 Å². The molecule has 0 bridgehead atoms. The number of hydrogen-bond acceptors (Lipinski definition) is 2. The van der Waals surface area contributed by atoms with Crippen LogP contribution in [0.2, 0.25) is 0 Å². The fourth-order valence-corrected chi connectivity index (χ4v) is 2.06. The highest BCUT2D eigenvalue weighted by atomic mass is 16.1. The lowest BCUT2D eigenvalue weighted by Crippen LogP contribution is -2.34. The number of nitriles is 1. The highest BCUT2D eigenvalue weighted by Crippen LogP contribution is 2.11. The van der Waals surface area contributed by atoms with E-state index in [1.165, 1.54) is 0 Å². The van der Waals surface area contributed by atoms with Crippen LogP contribution >= 0.6 is 0 Å². The van der Waals surface area contributed by atoms with Crippen molar-refractivity contribution in [3.8, 4) is 6.07 Å². The first-order valence-corrected chi connectivity index (χ1v) is 6.40. The Balaban J connectivity index is 2.19. The van der Waals surface area contributed by atoms with Gasteiger partial charge in [-0.1, -0.05) is 6.92 Å². The minimum absolute atomic E-state index is 0.0837. The summed E-state index contributed by atoms with van der Waals surface area (Å²) < 4.78 is 1.94. The summed E-state index contributed by atoms with van der Waals surface area (Å²) in [5, 5.41) is 11.6. The van der Waals surface area contributed by atoms with Crippen LogP contribution in [0.3, 0.4) is 0 Å². The number of amides is 1. The number of aromatic nitrogens is 1. The Hall–Kier alpha value is -2.28. The number of carbonyl (C=O) groups is 1. The topological polar surface area (TPSA) is 57.3 Å². The van der Waals surface area contributed by atoms with Gasteiger partial charge in [-0.2, -0.15) is 5.26 Å². The van der Waals surface area contributed by atoms with Gasteiger partial charge in [0.25, 0.3) is 5.91 Å². The summed E-state index contributed by atoms with van der Waals surface area (Å²) in [6, 6.07) is 7.80. The molecule has 4 nitrogen and oxygen atoms in total. The Morgan fingerprint density at radius 1 is 1.47 bits per heavy atom. The maximum Gasteiger partial charge on any atom is 0.253 e. The molecule has 0 saturated heterocycles. The predicted molar refractivity (Wildman–Crippen MR) is 73.9 cm³/mol. The van der Waals surface area contributed by atoms with Crippen molar-refractivity contribution in [2.24, 2.45) is 0 Å². The molecule has 0 aliphatic rings. The number of carbonyl (C=O) groups excluding carboxylic acids is 1. The molecule has 0 fully saturated rings. The molecule has 2 aromatic heterocycles. The fraction of sp³-hybridized carbons (Fsp3) is 0.333. The van der Waals surface area contributed by atoms with Crippen LogP contribution in [0.4, 0.5) is 0 Å². The Morgan fingerprint density at radius 2 is 2.26 bits per heavy atom. The van der Waals surface area contributed by atoms with Crippen LogP contribution in [0.25, 0.3) is 5.52 Å². The molecule has 0 spiro atoms. The van der Waals surface area contributed by atoms with E-state index in [0.717, 1.165) is 17.5 Å². The maximum absolute atomic E-state index is 12.1. The van der Waals surface area contributed by atoms with Gasteiger partial charge in [-0.15, -0.1) is 0 Å². The lowest BCUT2D eigenvalue weighted by molar-refractivity contribution is 0.0936. The summed E-state index contributed by atoms with van der Waals surface area (Å²) in [4.78, 5) is 12.1. The van der Waals surface area contributed by atoms with Crippen molar-refractivity contribution in [2.45, 2.75) is 32.7 Å². The van der Waals surface area contributed by atoms with Crippen LogP contribution in [0, 0.1) is 18.3 Å². The normalized spacial score (nSPS) is 12.1. The number of nitrogens with zero attached hydrogens (tertiary/aromatic N) is 2. The second-order valence-electron chi connectivity index (χ2n) is 4.71. The Morgan fingerprint density at radius 3 is 2.95 bits per heavy atom. The number of aryl methyl sites for hydroxylation is 1. The Labute approximate surface area is 112 Å². The molecule has 0 saturated carbocycles. The third kappa shape index (κ3) is 2.94. The summed E-state index contributed by atoms with van der Waals surface area (Å²) in [7, 11) is 0. The zero-order chi connectivity index (χ0) is 13.8. The van der Waals surface area contributed by atoms with Crippen molar-refractivity contribution in [1.82, 2.24) is 9.72 Å². The first-order chi connectivity index (χ1) is 9.13. The quantitative estimate of drug-likeness (QED) is 0.913. The van der Waals surface area contributed by atoms with E-state index < -0.39 is 0 Å². The monoisotopic (exact) mass is 255 g/mol. The summed E-state index contributed by atoms with van der Waals surface area (Å²) in [6.45, 7) is 3.98. The van der Waals surface area contributed by atoms with Gasteiger partial charge in [0.15, 0.2) is 0 Å². The molecule has 1 atom stereocenters. The van der Waals surface area contributed by atoms with Gasteiger partial charge in [0.05, 0.1) is 18.1 Å². The zero-order valence-electron chi connectivity index (χ0n) is 11.2. The largest absolute Gasteiger partial charge is 0.348 e. The van der Waals surface area contributed by atoms with Gasteiger partial charge >= 0.3 is 0 Å². The lowest BCUT2D eigenvalue weighted by atomic mass is 10.1. The molecular weight excluding hydrogens is 238 g/mol. The number of fused-ring (bicyclic) bond motifs is 1. The highest BCUT2D eigenvalue weighted by molar-refractivity contribution is 5.94. The molecule has 0 radical (unpaired) electrons. The summed E-state index contributed by atoms with van der Waals surface area (Å²) in [5.41, 5.74) is 2.84. The first-order valence-electron chi connectivity index (χ1n) is 6.40. The van der Waals surface area contributed by atoms with E-state index in [-0.39, 0.29) is 11.9 Å². The molecule has 4 heteroatoms. The summed E-state index contributed by atoms with van der Waals surface area (Å²) in [5.74, 6) is -0.129. The summed E-state index contributed by atoms with van der Waals surface area (Å²) in [6.07, 6.45) is 4.90. The third-order valence-electron chi connectivity index (χ3n) is 3.16. The minimum Gasteiger partial charge on any atom is -0.348 e. The Kier molecular flexibility index (Phi) is 3.86. The van der Waals surface area contributed by atoms with Crippen molar-refractivity contribution in [3.05, 3.63) is 41.7 Å². The molecule has 0 aliphatic carbocycles. The van der Waals surface area contributed by atoms with E-state index in [1.54, 1.807) is 0 Å². The maximum atomic E-state index is 12.1. The average Bonchev–Trinajstić information content (AvgIpc) is 2.76. The van der Waals surface area contributed by atoms with Gasteiger partial charge in [0.1, 0.15) is 0 Å². The molecule has 2 rings (SSSR count). The van der Waals surface area contributed by atoms with Gasteiger partial charge in [-0.3, -0.25) is 4.79 Å². The standard InChI is InChI=1S/C15H17N3O/c1-3-13(6-7-16)17-15(19)12-4-5-14-8-11(2)9-18(14)10-12/h4-5,8-10,13H,3,6H2,1-2H3,(H,17,19). The van der Waals surface area contributed by atoms with Crippen molar-refractivity contribution in [1.29, 1.82) is 5.26 Å². The average molecular weight is 255 g/mol. The van der Waals surface area contributed by atoms with Gasteiger partial charge < -0.3 is 9.72 Å². The van der Waals surface area contributed by atoms with E-state index in [2.05, 4.69) is 17.5 Å². The smallest absolute Gasteiger partial charge is 0.253 e. The van der Waals surface area contributed by atoms with Crippen molar-refractivity contribution < 1.29 is 4.79 Å². The minimum atomic E-state index is -0.129. The van der Waals surface area contributed by atoms with Crippen LogP contribution in [-0.4, -0.2) is 16.3 Å². The fourth-order valence-electron chi connectivity index (χ4n) is 2.06. The van der Waals surface area contributed by atoms with Crippen LogP contribution in [0.1, 0.15) is 35.7 Å². The number of nitrogens with one attached hydrogen (secondary N) is 1. The van der Waals surface area contributed by atoms with E-state index in [0.29, 0.717) is 12.0 Å². The lowest BCUT2D eigenvalue weighted by Gasteiger charge is -2.13. The van der Waals surface area contributed by atoms with Crippen molar-refractivity contribution in [2.75, 3.05) is 0 Å². The van der Waals surface area contributed by atoms with Crippen molar-refractivity contribution in [3.63, 3.8) is 0 Å². The number of rotatable bonds is 4. The Bertz CT molecular complexity index is 636. The molecule has 1 unspecified atom stereocenters. The van der Waals surface area contributed by atoms with Crippen LogP contribution < -0.4 is 5.32 Å². The molecule has 0 aliphatic heterocycles. The van der Waals surface area contributed by atoms with Crippen LogP contribution in [-0.2, 0) is 0 Å². The SMILES string of the molecule is CCC(CC#N)NC(=O)c1ccc2cc(C)cn2c1. The molecule has 0 aromatic carbocycles. The molecule has 98 valence electrons. The van der Waals surface area contributed by atoms with Gasteiger partial charge in [-0.25, -0.2) is 0 Å². The molecule has 1 N–H and O–H groups in total. The van der Waals surface area contributed by atoms with E-state index in [4.69, 9.17) is 5.26 Å². The second kappa shape index (κ2) is 5.57. The molecule has 1 amide bonds. The molecular formula is C15H17N3O. The molecule has 2 heterocycles. The predicted octanol–water partition coefficient (Wildman–Crippen LogP) is 2.67. The van der Waals surface area contributed by atoms with Crippen molar-refractivity contribution >= 4 is 11.4 Å². The highest BCUT2D eigenvalue weighted by Gasteiger charge is 2.12. The molecule has 19 heavy (non-hydrogen) atoms. The van der Waals surface area contributed by atoms with Gasteiger partial charge in [0.2, 0.25) is 0 Å². The second-order valence-corrected chi connectivity index (χ2v) is 4.71. The number of pyridine rings is 1. The number of hydrogen-bond donors (Lipinski definition) is 1. The van der Waals surface area contributed by atoms with E-state index in [9.17, 15) is 4.79 Å². The first kappa shape index (κ1) is 13.2. The van der Waals surface area contributed by atoms with Crippen LogP contribution in [0.15, 0.2) is 30.6 Å².